The zero-order valence-electron chi connectivity index (χ0n) is 21.0. The summed E-state index contributed by atoms with van der Waals surface area (Å²) >= 11 is 7.09. The van der Waals surface area contributed by atoms with Gasteiger partial charge in [-0.15, -0.1) is 0 Å². The molecule has 0 spiro atoms. The number of benzene rings is 2. The number of anilines is 1. The predicted molar refractivity (Wildman–Crippen MR) is 153 cm³/mol. The van der Waals surface area contributed by atoms with E-state index in [0.717, 1.165) is 0 Å². The summed E-state index contributed by atoms with van der Waals surface area (Å²) in [6.45, 7) is 1.87. The van der Waals surface area contributed by atoms with Crippen molar-refractivity contribution in [1.82, 2.24) is 29.5 Å². The molecule has 0 fully saturated rings. The standard InChI is InChI=1S/C28H21ClN8O2S/c1-17(36-26-20-11-6-13-31-25(20)34-16-35-26)24-23(29)19-10-5-12-21(40(30,39)28-32-14-7-15-33-28)22(19)27(38)37(24)18-8-3-2-4-9-18/h2-17,30H,1H3,(H,31,34,35,36)/t17-,40+/m0/s1. The maximum atomic E-state index is 14.4. The highest BCUT2D eigenvalue weighted by molar-refractivity contribution is 7.92. The van der Waals surface area contributed by atoms with Gasteiger partial charge in [0.2, 0.25) is 5.16 Å². The van der Waals surface area contributed by atoms with Gasteiger partial charge in [-0.3, -0.25) is 9.36 Å². The van der Waals surface area contributed by atoms with Crippen LogP contribution in [0.25, 0.3) is 27.5 Å². The Kier molecular flexibility index (Phi) is 6.45. The molecule has 2 aromatic carbocycles. The van der Waals surface area contributed by atoms with Gasteiger partial charge < -0.3 is 5.32 Å². The summed E-state index contributed by atoms with van der Waals surface area (Å²) in [5.41, 5.74) is 1.06. The van der Waals surface area contributed by atoms with Gasteiger partial charge in [0.25, 0.3) is 5.56 Å². The number of aromatic nitrogens is 6. The molecule has 0 radical (unpaired) electrons. The lowest BCUT2D eigenvalue weighted by Gasteiger charge is -2.24. The van der Waals surface area contributed by atoms with E-state index in [1.807, 2.05) is 31.2 Å². The van der Waals surface area contributed by atoms with Gasteiger partial charge in [-0.2, -0.15) is 0 Å². The van der Waals surface area contributed by atoms with Crippen LogP contribution in [0.1, 0.15) is 18.7 Å². The quantitative estimate of drug-likeness (QED) is 0.254. The van der Waals surface area contributed by atoms with E-state index in [2.05, 4.69) is 30.2 Å². The van der Waals surface area contributed by atoms with Crippen LogP contribution in [0.5, 0.6) is 0 Å². The Bertz CT molecular complexity index is 2050. The number of halogens is 1. The van der Waals surface area contributed by atoms with Crippen molar-refractivity contribution in [2.24, 2.45) is 0 Å². The predicted octanol–water partition coefficient (Wildman–Crippen LogP) is 5.41. The van der Waals surface area contributed by atoms with Crippen molar-refractivity contribution in [1.29, 1.82) is 4.78 Å². The lowest BCUT2D eigenvalue weighted by molar-refractivity contribution is 0.666. The molecule has 6 rings (SSSR count). The summed E-state index contributed by atoms with van der Waals surface area (Å²) in [6, 6.07) is 18.5. The van der Waals surface area contributed by atoms with Crippen LogP contribution in [0.15, 0.2) is 106 Å². The highest BCUT2D eigenvalue weighted by Crippen LogP contribution is 2.36. The Morgan fingerprint density at radius 3 is 2.38 bits per heavy atom. The van der Waals surface area contributed by atoms with E-state index in [1.54, 1.807) is 42.6 Å². The topological polar surface area (TPSA) is 139 Å². The highest BCUT2D eigenvalue weighted by atomic mass is 35.5. The number of para-hydroxylation sites is 1. The molecule has 12 heteroatoms. The van der Waals surface area contributed by atoms with E-state index in [-0.39, 0.29) is 20.5 Å². The molecule has 0 unspecified atom stereocenters. The summed E-state index contributed by atoms with van der Waals surface area (Å²) in [4.78, 5) is 35.3. The Morgan fingerprint density at radius 2 is 1.60 bits per heavy atom. The van der Waals surface area contributed by atoms with Gasteiger partial charge in [0.15, 0.2) is 5.65 Å². The third kappa shape index (κ3) is 4.25. The van der Waals surface area contributed by atoms with Crippen molar-refractivity contribution in [2.45, 2.75) is 23.0 Å². The summed E-state index contributed by atoms with van der Waals surface area (Å²) < 4.78 is 24.1. The third-order valence-electron chi connectivity index (χ3n) is 6.44. The van der Waals surface area contributed by atoms with Gasteiger partial charge in [-0.05, 0) is 43.3 Å². The Morgan fingerprint density at radius 1 is 0.875 bits per heavy atom. The van der Waals surface area contributed by atoms with Crippen LogP contribution >= 0.6 is 11.6 Å². The second kappa shape index (κ2) is 10.1. The van der Waals surface area contributed by atoms with Crippen molar-refractivity contribution in [3.63, 3.8) is 0 Å². The minimum Gasteiger partial charge on any atom is -0.361 e. The molecule has 0 bridgehead atoms. The van der Waals surface area contributed by atoms with Crippen molar-refractivity contribution in [3.05, 3.63) is 113 Å². The van der Waals surface area contributed by atoms with Crippen LogP contribution in [-0.4, -0.2) is 33.7 Å². The molecule has 10 nitrogen and oxygen atoms in total. The molecule has 0 aliphatic heterocycles. The van der Waals surface area contributed by atoms with E-state index in [1.165, 1.54) is 29.4 Å². The molecule has 2 atom stereocenters. The minimum absolute atomic E-state index is 0.00666. The van der Waals surface area contributed by atoms with Crippen molar-refractivity contribution < 1.29 is 4.21 Å². The molecule has 198 valence electrons. The number of hydrogen-bond donors (Lipinski definition) is 2. The second-order valence-corrected chi connectivity index (χ2v) is 11.2. The Hall–Kier alpha value is -4.74. The van der Waals surface area contributed by atoms with Crippen molar-refractivity contribution in [3.8, 4) is 5.69 Å². The number of pyridine rings is 2. The van der Waals surface area contributed by atoms with E-state index < -0.39 is 21.3 Å². The maximum Gasteiger partial charge on any atom is 0.264 e. The number of hydrogen-bond acceptors (Lipinski definition) is 9. The first kappa shape index (κ1) is 25.5. The van der Waals surface area contributed by atoms with E-state index in [4.69, 9.17) is 16.4 Å². The van der Waals surface area contributed by atoms with Gasteiger partial charge in [0.1, 0.15) is 21.9 Å². The monoisotopic (exact) mass is 568 g/mol. The molecule has 2 N–H and O–H groups in total. The summed E-state index contributed by atoms with van der Waals surface area (Å²) in [7, 11) is -3.74. The van der Waals surface area contributed by atoms with Gasteiger partial charge in [-0.25, -0.2) is 33.9 Å². The molecule has 0 saturated carbocycles. The molecule has 0 amide bonds. The largest absolute Gasteiger partial charge is 0.361 e. The summed E-state index contributed by atoms with van der Waals surface area (Å²) in [6.07, 6.45) is 5.89. The molecular weight excluding hydrogens is 548 g/mol. The molecular formula is C28H21ClN8O2S. The smallest absolute Gasteiger partial charge is 0.264 e. The molecule has 6 aromatic rings. The average molecular weight is 569 g/mol. The number of rotatable bonds is 6. The summed E-state index contributed by atoms with van der Waals surface area (Å²) in [5.74, 6) is 0.526. The highest BCUT2D eigenvalue weighted by Gasteiger charge is 2.27. The first-order chi connectivity index (χ1) is 19.4. The lowest BCUT2D eigenvalue weighted by atomic mass is 10.1. The second-order valence-electron chi connectivity index (χ2n) is 8.90. The Labute approximate surface area is 233 Å². The van der Waals surface area contributed by atoms with E-state index in [9.17, 15) is 9.00 Å². The molecule has 0 saturated heterocycles. The minimum atomic E-state index is -3.74. The van der Waals surface area contributed by atoms with Crippen LogP contribution in [0, 0.1) is 4.78 Å². The first-order valence-electron chi connectivity index (χ1n) is 12.2. The number of nitrogens with one attached hydrogen (secondary N) is 2. The van der Waals surface area contributed by atoms with Gasteiger partial charge in [0, 0.05) is 29.7 Å². The van der Waals surface area contributed by atoms with E-state index >= 15 is 0 Å². The molecule has 4 heterocycles. The maximum absolute atomic E-state index is 14.4. The van der Waals surface area contributed by atoms with Gasteiger partial charge in [-0.1, -0.05) is 41.9 Å². The van der Waals surface area contributed by atoms with Crippen LogP contribution in [0.2, 0.25) is 5.02 Å². The third-order valence-corrected chi connectivity index (χ3v) is 8.52. The van der Waals surface area contributed by atoms with E-state index in [0.29, 0.717) is 33.6 Å². The van der Waals surface area contributed by atoms with Crippen LogP contribution in [0.3, 0.4) is 0 Å². The fraction of sp³-hybridized carbons (Fsp3) is 0.0714. The SMILES string of the molecule is C[C@H](Nc1ncnc2ncccc12)c1c(Cl)c2cccc([S@@](=N)(=O)c3ncccn3)c2c(=O)n1-c1ccccc1. The Balaban J connectivity index is 1.62. The molecule has 0 aliphatic carbocycles. The zero-order valence-corrected chi connectivity index (χ0v) is 22.6. The van der Waals surface area contributed by atoms with Gasteiger partial charge >= 0.3 is 0 Å². The zero-order chi connectivity index (χ0) is 27.9. The molecule has 4 aromatic heterocycles. The fourth-order valence-corrected chi connectivity index (χ4v) is 6.44. The first-order valence-corrected chi connectivity index (χ1v) is 14.1. The van der Waals surface area contributed by atoms with Crippen LogP contribution in [-0.2, 0) is 9.73 Å². The molecule has 40 heavy (non-hydrogen) atoms. The van der Waals surface area contributed by atoms with Crippen LogP contribution < -0.4 is 10.9 Å². The number of fused-ring (bicyclic) bond motifs is 2. The van der Waals surface area contributed by atoms with Crippen molar-refractivity contribution in [2.75, 3.05) is 5.32 Å². The van der Waals surface area contributed by atoms with Crippen molar-refractivity contribution >= 4 is 49.0 Å². The van der Waals surface area contributed by atoms with Crippen LogP contribution in [0.4, 0.5) is 5.82 Å². The fourth-order valence-electron chi connectivity index (χ4n) is 4.66. The average Bonchev–Trinajstić information content (AvgIpc) is 2.99. The normalized spacial score (nSPS) is 13.7. The van der Waals surface area contributed by atoms with Gasteiger partial charge in [0.05, 0.1) is 32.4 Å². The lowest BCUT2D eigenvalue weighted by Crippen LogP contribution is -2.27. The summed E-state index contributed by atoms with van der Waals surface area (Å²) in [5, 5.41) is 4.59. The molecule has 0 aliphatic rings. The number of nitrogens with zero attached hydrogens (tertiary/aromatic N) is 6.